The van der Waals surface area contributed by atoms with Crippen LogP contribution in [0.1, 0.15) is 91.9 Å². The third-order valence-corrected chi connectivity index (χ3v) is 9.53. The fourth-order valence-electron chi connectivity index (χ4n) is 8.09. The Bertz CT molecular complexity index is 815. The third kappa shape index (κ3) is 3.17. The second-order valence-corrected chi connectivity index (χ2v) is 10.9. The van der Waals surface area contributed by atoms with E-state index in [9.17, 15) is 19.5 Å². The first-order valence-corrected chi connectivity index (χ1v) is 12.3. The maximum atomic E-state index is 13.3. The highest BCUT2D eigenvalue weighted by molar-refractivity contribution is 5.92. The Labute approximate surface area is 186 Å². The summed E-state index contributed by atoms with van der Waals surface area (Å²) in [6.07, 6.45) is 7.64. The van der Waals surface area contributed by atoms with E-state index in [1.165, 1.54) is 5.57 Å². The topological polar surface area (TPSA) is 80.7 Å². The second kappa shape index (κ2) is 7.83. The number of allylic oxidation sites excluding steroid dienone is 1. The van der Waals surface area contributed by atoms with Crippen LogP contribution < -0.4 is 0 Å². The Morgan fingerprint density at radius 1 is 1.16 bits per heavy atom. The molecule has 5 nitrogen and oxygen atoms in total. The molecule has 172 valence electrons. The molecule has 4 aliphatic carbocycles. The van der Waals surface area contributed by atoms with E-state index in [4.69, 9.17) is 4.74 Å². The molecule has 1 N–H and O–H groups in total. The van der Waals surface area contributed by atoms with E-state index < -0.39 is 17.1 Å². The van der Waals surface area contributed by atoms with Crippen LogP contribution in [0.15, 0.2) is 11.6 Å². The van der Waals surface area contributed by atoms with Gasteiger partial charge in [0.25, 0.3) is 0 Å². The molecule has 0 radical (unpaired) electrons. The van der Waals surface area contributed by atoms with E-state index in [0.29, 0.717) is 38.5 Å². The molecule has 0 heterocycles. The van der Waals surface area contributed by atoms with Gasteiger partial charge in [0.2, 0.25) is 0 Å². The molecule has 2 unspecified atom stereocenters. The lowest BCUT2D eigenvalue weighted by Crippen LogP contribution is -2.62. The Balaban J connectivity index is 1.73. The van der Waals surface area contributed by atoms with Gasteiger partial charge in [-0.1, -0.05) is 33.3 Å². The van der Waals surface area contributed by atoms with Crippen LogP contribution in [0.2, 0.25) is 0 Å². The number of hydrogen-bond acceptors (Lipinski definition) is 5. The molecule has 4 aliphatic rings. The van der Waals surface area contributed by atoms with E-state index in [1.54, 1.807) is 0 Å². The number of aliphatic hydroxyl groups excluding tert-OH is 1. The van der Waals surface area contributed by atoms with Crippen molar-refractivity contribution in [2.75, 3.05) is 0 Å². The van der Waals surface area contributed by atoms with E-state index in [1.807, 2.05) is 19.9 Å². The van der Waals surface area contributed by atoms with Crippen LogP contribution in [-0.2, 0) is 19.1 Å². The van der Waals surface area contributed by atoms with Gasteiger partial charge in [-0.3, -0.25) is 14.4 Å². The minimum atomic E-state index is -1.12. The molecule has 0 aromatic rings. The summed E-state index contributed by atoms with van der Waals surface area (Å²) in [5.41, 5.74) is -0.622. The summed E-state index contributed by atoms with van der Waals surface area (Å²) in [6.45, 7) is 8.10. The molecule has 3 saturated carbocycles. The highest BCUT2D eigenvalue weighted by Crippen LogP contribution is 2.68. The molecule has 0 saturated heterocycles. The molecule has 0 spiro atoms. The van der Waals surface area contributed by atoms with E-state index >= 15 is 0 Å². The van der Waals surface area contributed by atoms with Gasteiger partial charge in [0.05, 0.1) is 6.10 Å². The summed E-state index contributed by atoms with van der Waals surface area (Å²) in [7, 11) is 0. The number of carbonyl (C=O) groups is 3. The van der Waals surface area contributed by atoms with Crippen molar-refractivity contribution in [2.24, 2.45) is 28.6 Å². The lowest BCUT2D eigenvalue weighted by molar-refractivity contribution is -0.201. The average Bonchev–Trinajstić information content (AvgIpc) is 3.00. The fourth-order valence-corrected chi connectivity index (χ4v) is 8.09. The first-order chi connectivity index (χ1) is 14.6. The molecule has 7 atom stereocenters. The van der Waals surface area contributed by atoms with Crippen LogP contribution >= 0.6 is 0 Å². The summed E-state index contributed by atoms with van der Waals surface area (Å²) in [5, 5.41) is 11.5. The van der Waals surface area contributed by atoms with Crippen LogP contribution in [0.5, 0.6) is 0 Å². The third-order valence-electron chi connectivity index (χ3n) is 9.53. The van der Waals surface area contributed by atoms with Crippen molar-refractivity contribution in [1.82, 2.24) is 0 Å². The monoisotopic (exact) mass is 430 g/mol. The second-order valence-electron chi connectivity index (χ2n) is 10.9. The Morgan fingerprint density at radius 2 is 1.90 bits per heavy atom. The van der Waals surface area contributed by atoms with Crippen LogP contribution in [0.25, 0.3) is 0 Å². The molecule has 4 rings (SSSR count). The number of hydrogen-bond donors (Lipinski definition) is 1. The first-order valence-electron chi connectivity index (χ1n) is 12.3. The summed E-state index contributed by atoms with van der Waals surface area (Å²) in [5.74, 6) is 0.519. The molecule has 0 aliphatic heterocycles. The van der Waals surface area contributed by atoms with Gasteiger partial charge >= 0.3 is 5.97 Å². The summed E-state index contributed by atoms with van der Waals surface area (Å²) in [4.78, 5) is 38.0. The van der Waals surface area contributed by atoms with Crippen LogP contribution in [0.3, 0.4) is 0 Å². The number of aliphatic hydroxyl groups is 1. The molecule has 0 aromatic carbocycles. The van der Waals surface area contributed by atoms with Crippen molar-refractivity contribution >= 4 is 17.5 Å². The van der Waals surface area contributed by atoms with Crippen molar-refractivity contribution < 1.29 is 24.2 Å². The van der Waals surface area contributed by atoms with Crippen molar-refractivity contribution in [1.29, 1.82) is 0 Å². The van der Waals surface area contributed by atoms with Gasteiger partial charge in [0, 0.05) is 24.7 Å². The molecular weight excluding hydrogens is 392 g/mol. The predicted molar refractivity (Wildman–Crippen MR) is 117 cm³/mol. The molecule has 0 aromatic heterocycles. The number of ketones is 2. The summed E-state index contributed by atoms with van der Waals surface area (Å²) < 4.78 is 6.08. The SMILES string of the molecule is CCCC(=O)O[C@]1(C(=O)CC)CC[C@H]2[C@@H]3CCC4=CC(=O)CCC4(C)[C@H]3[C@@H](O)CC21C. The van der Waals surface area contributed by atoms with E-state index in [0.717, 1.165) is 25.7 Å². The van der Waals surface area contributed by atoms with Crippen LogP contribution in [-0.4, -0.2) is 34.3 Å². The van der Waals surface area contributed by atoms with Gasteiger partial charge in [-0.15, -0.1) is 0 Å². The maximum absolute atomic E-state index is 13.3. The Morgan fingerprint density at radius 3 is 2.58 bits per heavy atom. The molecule has 31 heavy (non-hydrogen) atoms. The normalized spacial score (nSPS) is 44.0. The predicted octanol–water partition coefficient (Wildman–Crippen LogP) is 4.55. The van der Waals surface area contributed by atoms with Gasteiger partial charge in [-0.2, -0.15) is 0 Å². The molecule has 5 heteroatoms. The molecule has 0 amide bonds. The summed E-state index contributed by atoms with van der Waals surface area (Å²) >= 11 is 0. The number of ether oxygens (including phenoxy) is 1. The Kier molecular flexibility index (Phi) is 5.73. The van der Waals surface area contributed by atoms with Gasteiger partial charge in [0.15, 0.2) is 17.2 Å². The van der Waals surface area contributed by atoms with Crippen molar-refractivity contribution in [2.45, 2.75) is 104 Å². The quantitative estimate of drug-likeness (QED) is 0.647. The molecule has 0 bridgehead atoms. The molecule has 3 fully saturated rings. The Hall–Kier alpha value is -1.49. The van der Waals surface area contributed by atoms with Crippen molar-refractivity contribution in [3.05, 3.63) is 11.6 Å². The van der Waals surface area contributed by atoms with Crippen molar-refractivity contribution in [3.8, 4) is 0 Å². The largest absolute Gasteiger partial charge is 0.450 e. The highest BCUT2D eigenvalue weighted by Gasteiger charge is 2.70. The number of rotatable bonds is 5. The average molecular weight is 431 g/mol. The zero-order valence-electron chi connectivity index (χ0n) is 19.5. The number of carbonyl (C=O) groups excluding carboxylic acids is 3. The van der Waals surface area contributed by atoms with E-state index in [2.05, 4.69) is 13.8 Å². The smallest absolute Gasteiger partial charge is 0.306 e. The molecular formula is C26H38O5. The van der Waals surface area contributed by atoms with Gasteiger partial charge in [-0.25, -0.2) is 0 Å². The number of fused-ring (bicyclic) bond motifs is 5. The lowest BCUT2D eigenvalue weighted by Gasteiger charge is -2.60. The lowest BCUT2D eigenvalue weighted by atomic mass is 9.45. The van der Waals surface area contributed by atoms with E-state index in [-0.39, 0.29) is 40.7 Å². The number of Topliss-reactive ketones (excluding diaryl/α,β-unsaturated/α-hetero) is 1. The van der Waals surface area contributed by atoms with Crippen molar-refractivity contribution in [3.63, 3.8) is 0 Å². The zero-order chi connectivity index (χ0) is 22.6. The minimum Gasteiger partial charge on any atom is -0.450 e. The van der Waals surface area contributed by atoms with Crippen LogP contribution in [0.4, 0.5) is 0 Å². The standard InChI is InChI=1S/C26H38O5/c1-5-7-22(30)31-26(21(29)6-2)13-11-19-18-9-8-16-14-17(27)10-12-24(16,3)23(18)20(28)15-25(19,26)4/h14,18-20,23,28H,5-13,15H2,1-4H3/t18-,19-,20-,23+,24?,25?,26-/m0/s1. The maximum Gasteiger partial charge on any atom is 0.306 e. The minimum absolute atomic E-state index is 0.00141. The van der Waals surface area contributed by atoms with Gasteiger partial charge in [-0.05, 0) is 74.2 Å². The number of esters is 1. The van der Waals surface area contributed by atoms with Crippen LogP contribution in [0, 0.1) is 28.6 Å². The van der Waals surface area contributed by atoms with Gasteiger partial charge in [0.1, 0.15) is 0 Å². The zero-order valence-corrected chi connectivity index (χ0v) is 19.5. The summed E-state index contributed by atoms with van der Waals surface area (Å²) in [6, 6.07) is 0. The first kappa shape index (κ1) is 22.7. The highest BCUT2D eigenvalue weighted by atomic mass is 16.6. The van der Waals surface area contributed by atoms with Gasteiger partial charge < -0.3 is 9.84 Å². The fraction of sp³-hybridized carbons (Fsp3) is 0.808.